The number of hydrogen-bond donors (Lipinski definition) is 2. The zero-order chi connectivity index (χ0) is 20.1. The first-order chi connectivity index (χ1) is 13.4. The fourth-order valence-corrected chi connectivity index (χ4v) is 4.12. The minimum atomic E-state index is -0.298. The van der Waals surface area contributed by atoms with E-state index in [1.54, 1.807) is 24.1 Å². The van der Waals surface area contributed by atoms with E-state index in [2.05, 4.69) is 15.7 Å². The Morgan fingerprint density at radius 3 is 2.64 bits per heavy atom. The van der Waals surface area contributed by atoms with Gasteiger partial charge >= 0.3 is 0 Å². The second-order valence-corrected chi connectivity index (χ2v) is 7.98. The van der Waals surface area contributed by atoms with E-state index in [4.69, 9.17) is 0 Å². The molecule has 0 spiro atoms. The first-order valence-electron chi connectivity index (χ1n) is 9.30. The second kappa shape index (κ2) is 9.01. The van der Waals surface area contributed by atoms with E-state index in [-0.39, 0.29) is 36.2 Å². The second-order valence-electron chi connectivity index (χ2n) is 7.00. The Labute approximate surface area is 167 Å². The van der Waals surface area contributed by atoms with Gasteiger partial charge in [-0.15, -0.1) is 11.3 Å². The summed E-state index contributed by atoms with van der Waals surface area (Å²) < 4.78 is 1.59. The van der Waals surface area contributed by atoms with Crippen molar-refractivity contribution in [2.24, 2.45) is 7.05 Å². The van der Waals surface area contributed by atoms with Crippen molar-refractivity contribution in [3.63, 3.8) is 0 Å². The number of nitrogens with zero attached hydrogens (tertiary/aromatic N) is 3. The molecule has 3 heterocycles. The van der Waals surface area contributed by atoms with Crippen LogP contribution in [-0.4, -0.2) is 51.5 Å². The average molecular weight is 404 g/mol. The molecule has 0 saturated carbocycles. The number of nitrogens with one attached hydrogen (secondary N) is 2. The number of likely N-dealkylation sites (tertiary alicyclic amines) is 1. The van der Waals surface area contributed by atoms with Gasteiger partial charge in [-0.2, -0.15) is 5.10 Å². The third-order valence-electron chi connectivity index (χ3n) is 4.79. The van der Waals surface area contributed by atoms with Crippen LogP contribution >= 0.6 is 11.3 Å². The van der Waals surface area contributed by atoms with Crippen molar-refractivity contribution in [1.82, 2.24) is 25.3 Å². The lowest BCUT2D eigenvalue weighted by atomic mass is 10.0. The van der Waals surface area contributed by atoms with Gasteiger partial charge in [-0.1, -0.05) is 6.07 Å². The summed E-state index contributed by atoms with van der Waals surface area (Å²) in [6.45, 7) is 2.64. The van der Waals surface area contributed by atoms with Crippen molar-refractivity contribution < 1.29 is 14.4 Å². The van der Waals surface area contributed by atoms with E-state index in [0.717, 1.165) is 4.88 Å². The average Bonchev–Trinajstić information content (AvgIpc) is 3.33. The zero-order valence-corrected chi connectivity index (χ0v) is 16.9. The molecular weight excluding hydrogens is 378 g/mol. The van der Waals surface area contributed by atoms with E-state index in [1.165, 1.54) is 18.3 Å². The first kappa shape index (κ1) is 20.1. The van der Waals surface area contributed by atoms with Gasteiger partial charge in [0.25, 0.3) is 5.91 Å². The lowest BCUT2D eigenvalue weighted by molar-refractivity contribution is -0.133. The monoisotopic (exact) mass is 403 g/mol. The maximum Gasteiger partial charge on any atom is 0.254 e. The molecule has 2 N–H and O–H groups in total. The van der Waals surface area contributed by atoms with E-state index >= 15 is 0 Å². The molecule has 1 aliphatic heterocycles. The van der Waals surface area contributed by atoms with Crippen LogP contribution < -0.4 is 10.6 Å². The predicted molar refractivity (Wildman–Crippen MR) is 106 cm³/mol. The SMILES string of the molecule is CC(=O)N[C@H](CC(=O)N1CCC(NC(=O)c2cnn(C)c2)CC1)c1cccs1. The molecule has 8 nitrogen and oxygen atoms in total. The number of aromatic nitrogens is 2. The van der Waals surface area contributed by atoms with Crippen LogP contribution in [0, 0.1) is 0 Å². The third kappa shape index (κ3) is 5.19. The first-order valence-corrected chi connectivity index (χ1v) is 10.2. The number of thiophene rings is 1. The van der Waals surface area contributed by atoms with Crippen LogP contribution in [0.2, 0.25) is 0 Å². The smallest absolute Gasteiger partial charge is 0.254 e. The minimum Gasteiger partial charge on any atom is -0.349 e. The van der Waals surface area contributed by atoms with Crippen LogP contribution in [0.5, 0.6) is 0 Å². The number of piperidine rings is 1. The van der Waals surface area contributed by atoms with Crippen molar-refractivity contribution in [1.29, 1.82) is 0 Å². The van der Waals surface area contributed by atoms with Gasteiger partial charge < -0.3 is 15.5 Å². The fraction of sp³-hybridized carbons (Fsp3) is 0.474. The van der Waals surface area contributed by atoms with Crippen LogP contribution in [0.3, 0.4) is 0 Å². The molecular formula is C19H25N5O3S. The number of amides is 3. The van der Waals surface area contributed by atoms with Crippen LogP contribution in [0.25, 0.3) is 0 Å². The molecule has 0 aliphatic carbocycles. The summed E-state index contributed by atoms with van der Waals surface area (Å²) in [6, 6.07) is 3.59. The Morgan fingerprint density at radius 2 is 2.07 bits per heavy atom. The fourth-order valence-electron chi connectivity index (χ4n) is 3.34. The van der Waals surface area contributed by atoms with Crippen LogP contribution in [0.15, 0.2) is 29.9 Å². The number of aryl methyl sites for hydroxylation is 1. The summed E-state index contributed by atoms with van der Waals surface area (Å²) >= 11 is 1.53. The topological polar surface area (TPSA) is 96.3 Å². The lowest BCUT2D eigenvalue weighted by Crippen LogP contribution is -2.47. The molecule has 1 fully saturated rings. The van der Waals surface area contributed by atoms with Crippen LogP contribution in [-0.2, 0) is 16.6 Å². The highest BCUT2D eigenvalue weighted by Crippen LogP contribution is 2.24. The van der Waals surface area contributed by atoms with Crippen molar-refractivity contribution in [3.8, 4) is 0 Å². The molecule has 1 saturated heterocycles. The lowest BCUT2D eigenvalue weighted by Gasteiger charge is -2.33. The van der Waals surface area contributed by atoms with Crippen LogP contribution in [0.4, 0.5) is 0 Å². The number of hydrogen-bond acceptors (Lipinski definition) is 5. The Balaban J connectivity index is 1.50. The standard InChI is InChI=1S/C19H25N5O3S/c1-13(25)21-16(17-4-3-9-28-17)10-18(26)24-7-5-15(6-8-24)22-19(27)14-11-20-23(2)12-14/h3-4,9,11-12,15-16H,5-8,10H2,1-2H3,(H,21,25)(H,22,27)/t16-/m1/s1. The largest absolute Gasteiger partial charge is 0.349 e. The Bertz CT molecular complexity index is 825. The highest BCUT2D eigenvalue weighted by molar-refractivity contribution is 7.10. The van der Waals surface area contributed by atoms with Gasteiger partial charge in [0.15, 0.2) is 0 Å². The molecule has 150 valence electrons. The summed E-state index contributed by atoms with van der Waals surface area (Å²) in [7, 11) is 1.77. The van der Waals surface area contributed by atoms with Gasteiger partial charge in [0.05, 0.1) is 24.2 Å². The molecule has 0 bridgehead atoms. The normalized spacial score (nSPS) is 15.9. The van der Waals surface area contributed by atoms with Gasteiger partial charge in [-0.3, -0.25) is 19.1 Å². The maximum absolute atomic E-state index is 12.7. The van der Waals surface area contributed by atoms with Gasteiger partial charge in [-0.05, 0) is 24.3 Å². The van der Waals surface area contributed by atoms with E-state index in [0.29, 0.717) is 31.5 Å². The Hall–Kier alpha value is -2.68. The molecule has 2 aromatic rings. The molecule has 1 aliphatic rings. The highest BCUT2D eigenvalue weighted by Gasteiger charge is 2.27. The zero-order valence-electron chi connectivity index (χ0n) is 16.1. The minimum absolute atomic E-state index is 0.0178. The molecule has 0 radical (unpaired) electrons. The van der Waals surface area contributed by atoms with Gasteiger partial charge in [0.1, 0.15) is 0 Å². The molecule has 2 aromatic heterocycles. The molecule has 3 rings (SSSR count). The number of carbonyl (C=O) groups is 3. The highest BCUT2D eigenvalue weighted by atomic mass is 32.1. The molecule has 9 heteroatoms. The summed E-state index contributed by atoms with van der Waals surface area (Å²) in [6.07, 6.45) is 4.89. The van der Waals surface area contributed by atoms with Gasteiger partial charge in [-0.25, -0.2) is 0 Å². The van der Waals surface area contributed by atoms with Gasteiger partial charge in [0.2, 0.25) is 11.8 Å². The molecule has 0 aromatic carbocycles. The summed E-state index contributed by atoms with van der Waals surface area (Å²) in [5.74, 6) is -0.270. The Kier molecular flexibility index (Phi) is 6.45. The van der Waals surface area contributed by atoms with E-state index < -0.39 is 0 Å². The van der Waals surface area contributed by atoms with Gasteiger partial charge in [0, 0.05) is 44.2 Å². The predicted octanol–water partition coefficient (Wildman–Crippen LogP) is 1.47. The van der Waals surface area contributed by atoms with Crippen molar-refractivity contribution >= 4 is 29.1 Å². The van der Waals surface area contributed by atoms with Crippen LogP contribution in [0.1, 0.15) is 47.5 Å². The Morgan fingerprint density at radius 1 is 1.32 bits per heavy atom. The summed E-state index contributed by atoms with van der Waals surface area (Å²) in [4.78, 5) is 39.2. The molecule has 3 amide bonds. The molecule has 28 heavy (non-hydrogen) atoms. The number of carbonyl (C=O) groups excluding carboxylic acids is 3. The quantitative estimate of drug-likeness (QED) is 0.763. The molecule has 0 unspecified atom stereocenters. The molecule has 1 atom stereocenters. The van der Waals surface area contributed by atoms with Crippen molar-refractivity contribution in [2.45, 2.75) is 38.3 Å². The maximum atomic E-state index is 12.7. The third-order valence-corrected chi connectivity index (χ3v) is 5.78. The van der Waals surface area contributed by atoms with E-state index in [9.17, 15) is 14.4 Å². The van der Waals surface area contributed by atoms with Crippen molar-refractivity contribution in [3.05, 3.63) is 40.3 Å². The summed E-state index contributed by atoms with van der Waals surface area (Å²) in [5.41, 5.74) is 0.537. The van der Waals surface area contributed by atoms with E-state index in [1.807, 2.05) is 22.4 Å². The van der Waals surface area contributed by atoms with Crippen molar-refractivity contribution in [2.75, 3.05) is 13.1 Å². The summed E-state index contributed by atoms with van der Waals surface area (Å²) in [5, 5.41) is 11.8. The number of rotatable bonds is 6.